The van der Waals surface area contributed by atoms with E-state index in [9.17, 15) is 0 Å². The van der Waals surface area contributed by atoms with Crippen LogP contribution in [0.5, 0.6) is 0 Å². The van der Waals surface area contributed by atoms with Crippen LogP contribution in [0.25, 0.3) is 0 Å². The zero-order valence-corrected chi connectivity index (χ0v) is 8.96. The Balaban J connectivity index is 1.81. The van der Waals surface area contributed by atoms with Crippen molar-refractivity contribution >= 4 is 5.90 Å². The van der Waals surface area contributed by atoms with Gasteiger partial charge in [-0.25, -0.2) is 0 Å². The van der Waals surface area contributed by atoms with E-state index in [1.807, 2.05) is 0 Å². The summed E-state index contributed by atoms with van der Waals surface area (Å²) in [5, 5.41) is 3.40. The van der Waals surface area contributed by atoms with E-state index in [1.54, 1.807) is 0 Å². The van der Waals surface area contributed by atoms with Gasteiger partial charge in [0.1, 0.15) is 6.10 Å². The van der Waals surface area contributed by atoms with Crippen LogP contribution in [0, 0.1) is 5.92 Å². The number of aliphatic imine (C=N–C) groups is 1. The molecule has 0 aromatic rings. The molecule has 3 heteroatoms. The van der Waals surface area contributed by atoms with Crippen LogP contribution < -0.4 is 5.32 Å². The summed E-state index contributed by atoms with van der Waals surface area (Å²) in [6.45, 7) is 5.29. The minimum Gasteiger partial charge on any atom is -0.475 e. The van der Waals surface area contributed by atoms with Gasteiger partial charge < -0.3 is 10.1 Å². The summed E-state index contributed by atoms with van der Waals surface area (Å²) in [4.78, 5) is 4.51. The number of hydrogen-bond acceptors (Lipinski definition) is 3. The highest BCUT2D eigenvalue weighted by molar-refractivity contribution is 5.80. The van der Waals surface area contributed by atoms with Crippen molar-refractivity contribution in [2.75, 3.05) is 19.6 Å². The smallest absolute Gasteiger partial charge is 0.188 e. The normalized spacial score (nSPS) is 32.5. The standard InChI is InChI=1S/C11H20N2O/c1-2-4-10-8-13-11(14-10)9-5-3-6-12-7-9/h9-10,12H,2-8H2,1H3. The maximum Gasteiger partial charge on any atom is 0.188 e. The average Bonchev–Trinajstić information content (AvgIpc) is 2.68. The number of rotatable bonds is 3. The molecule has 2 rings (SSSR count). The molecule has 3 nitrogen and oxygen atoms in total. The highest BCUT2D eigenvalue weighted by Crippen LogP contribution is 2.19. The lowest BCUT2D eigenvalue weighted by Gasteiger charge is -2.23. The molecule has 80 valence electrons. The van der Waals surface area contributed by atoms with Gasteiger partial charge in [0.15, 0.2) is 5.90 Å². The van der Waals surface area contributed by atoms with Crippen LogP contribution in [0.2, 0.25) is 0 Å². The van der Waals surface area contributed by atoms with Crippen molar-refractivity contribution in [3.05, 3.63) is 0 Å². The van der Waals surface area contributed by atoms with E-state index in [0.717, 1.165) is 32.0 Å². The Morgan fingerprint density at radius 2 is 2.50 bits per heavy atom. The fraction of sp³-hybridized carbons (Fsp3) is 0.909. The van der Waals surface area contributed by atoms with Gasteiger partial charge in [-0.2, -0.15) is 0 Å². The predicted molar refractivity (Wildman–Crippen MR) is 57.7 cm³/mol. The quantitative estimate of drug-likeness (QED) is 0.743. The molecule has 0 aromatic carbocycles. The highest BCUT2D eigenvalue weighted by Gasteiger charge is 2.26. The van der Waals surface area contributed by atoms with Crippen LogP contribution >= 0.6 is 0 Å². The third-order valence-electron chi connectivity index (χ3n) is 2.99. The van der Waals surface area contributed by atoms with Crippen molar-refractivity contribution in [3.63, 3.8) is 0 Å². The first kappa shape index (κ1) is 9.97. The number of ether oxygens (including phenoxy) is 1. The van der Waals surface area contributed by atoms with Crippen LogP contribution in [0.3, 0.4) is 0 Å². The fourth-order valence-corrected chi connectivity index (χ4v) is 2.20. The van der Waals surface area contributed by atoms with Gasteiger partial charge in [0, 0.05) is 12.5 Å². The molecule has 2 atom stereocenters. The lowest BCUT2D eigenvalue weighted by molar-refractivity contribution is 0.194. The average molecular weight is 196 g/mol. The summed E-state index contributed by atoms with van der Waals surface area (Å²) in [6, 6.07) is 0. The van der Waals surface area contributed by atoms with E-state index in [2.05, 4.69) is 17.2 Å². The van der Waals surface area contributed by atoms with Crippen LogP contribution in [0.4, 0.5) is 0 Å². The fourth-order valence-electron chi connectivity index (χ4n) is 2.20. The van der Waals surface area contributed by atoms with E-state index < -0.39 is 0 Å². The van der Waals surface area contributed by atoms with Gasteiger partial charge in [0.05, 0.1) is 6.54 Å². The van der Waals surface area contributed by atoms with E-state index in [1.165, 1.54) is 19.3 Å². The maximum atomic E-state index is 5.85. The Morgan fingerprint density at radius 3 is 3.21 bits per heavy atom. The Kier molecular flexibility index (Phi) is 3.40. The molecule has 0 bridgehead atoms. The first-order valence-corrected chi connectivity index (χ1v) is 5.82. The van der Waals surface area contributed by atoms with Crippen LogP contribution in [0.1, 0.15) is 32.6 Å². The second-order valence-corrected chi connectivity index (χ2v) is 4.25. The maximum absolute atomic E-state index is 5.85. The molecule has 0 aliphatic carbocycles. The summed E-state index contributed by atoms with van der Waals surface area (Å²) in [5.41, 5.74) is 0. The van der Waals surface area contributed by atoms with Crippen molar-refractivity contribution in [2.45, 2.75) is 38.7 Å². The van der Waals surface area contributed by atoms with Gasteiger partial charge in [-0.1, -0.05) is 13.3 Å². The molecule has 0 aromatic heterocycles. The minimum absolute atomic E-state index is 0.372. The van der Waals surface area contributed by atoms with Crippen molar-refractivity contribution in [2.24, 2.45) is 10.9 Å². The lowest BCUT2D eigenvalue weighted by atomic mass is 10.00. The van der Waals surface area contributed by atoms with Gasteiger partial charge >= 0.3 is 0 Å². The molecule has 0 spiro atoms. The van der Waals surface area contributed by atoms with E-state index in [-0.39, 0.29) is 0 Å². The van der Waals surface area contributed by atoms with Crippen molar-refractivity contribution in [3.8, 4) is 0 Å². The summed E-state index contributed by atoms with van der Waals surface area (Å²) < 4.78 is 5.85. The van der Waals surface area contributed by atoms with Crippen molar-refractivity contribution < 1.29 is 4.74 Å². The zero-order valence-electron chi connectivity index (χ0n) is 8.96. The SMILES string of the molecule is CCCC1CN=C(C2CCCNC2)O1. The van der Waals surface area contributed by atoms with Crippen molar-refractivity contribution in [1.29, 1.82) is 0 Å². The second kappa shape index (κ2) is 4.78. The molecular weight excluding hydrogens is 176 g/mol. The summed E-state index contributed by atoms with van der Waals surface area (Å²) in [6.07, 6.45) is 5.21. The highest BCUT2D eigenvalue weighted by atomic mass is 16.5. The molecule has 0 amide bonds. The Hall–Kier alpha value is -0.570. The summed E-state index contributed by atoms with van der Waals surface area (Å²) in [7, 11) is 0. The molecule has 1 saturated heterocycles. The Bertz CT molecular complexity index is 209. The predicted octanol–water partition coefficient (Wildman–Crippen LogP) is 1.58. The van der Waals surface area contributed by atoms with E-state index in [0.29, 0.717) is 12.0 Å². The summed E-state index contributed by atoms with van der Waals surface area (Å²) in [5.74, 6) is 1.57. The first-order chi connectivity index (χ1) is 6.90. The third-order valence-corrected chi connectivity index (χ3v) is 2.99. The molecule has 0 saturated carbocycles. The van der Waals surface area contributed by atoms with E-state index >= 15 is 0 Å². The lowest BCUT2D eigenvalue weighted by Crippen LogP contribution is -2.35. The number of nitrogens with zero attached hydrogens (tertiary/aromatic N) is 1. The number of piperidine rings is 1. The zero-order chi connectivity index (χ0) is 9.80. The van der Waals surface area contributed by atoms with Crippen LogP contribution in [-0.4, -0.2) is 31.6 Å². The van der Waals surface area contributed by atoms with Gasteiger partial charge in [-0.15, -0.1) is 0 Å². The molecular formula is C11H20N2O. The first-order valence-electron chi connectivity index (χ1n) is 5.82. The monoisotopic (exact) mass is 196 g/mol. The van der Waals surface area contributed by atoms with Crippen molar-refractivity contribution in [1.82, 2.24) is 5.32 Å². The second-order valence-electron chi connectivity index (χ2n) is 4.25. The molecule has 2 heterocycles. The molecule has 1 N–H and O–H groups in total. The molecule has 2 aliphatic heterocycles. The van der Waals surface area contributed by atoms with E-state index in [4.69, 9.17) is 4.74 Å². The van der Waals surface area contributed by atoms with Gasteiger partial charge in [-0.05, 0) is 25.8 Å². The summed E-state index contributed by atoms with van der Waals surface area (Å²) >= 11 is 0. The molecule has 14 heavy (non-hydrogen) atoms. The minimum atomic E-state index is 0.372. The molecule has 1 fully saturated rings. The Labute approximate surface area is 85.9 Å². The molecule has 0 radical (unpaired) electrons. The van der Waals surface area contributed by atoms with Gasteiger partial charge in [-0.3, -0.25) is 4.99 Å². The number of hydrogen-bond donors (Lipinski definition) is 1. The van der Waals surface area contributed by atoms with Crippen LogP contribution in [0.15, 0.2) is 4.99 Å². The molecule has 2 aliphatic rings. The Morgan fingerprint density at radius 1 is 1.57 bits per heavy atom. The van der Waals surface area contributed by atoms with Gasteiger partial charge in [0.2, 0.25) is 0 Å². The number of nitrogens with one attached hydrogen (secondary N) is 1. The third kappa shape index (κ3) is 2.27. The largest absolute Gasteiger partial charge is 0.475 e. The van der Waals surface area contributed by atoms with Crippen LogP contribution in [-0.2, 0) is 4.74 Å². The van der Waals surface area contributed by atoms with Gasteiger partial charge in [0.25, 0.3) is 0 Å². The molecule has 2 unspecified atom stereocenters. The topological polar surface area (TPSA) is 33.6 Å².